The van der Waals surface area contributed by atoms with Gasteiger partial charge in [-0.2, -0.15) is 0 Å². The summed E-state index contributed by atoms with van der Waals surface area (Å²) in [6, 6.07) is 1.95. The highest BCUT2D eigenvalue weighted by Crippen LogP contribution is 2.26. The lowest BCUT2D eigenvalue weighted by Gasteiger charge is -2.25. The van der Waals surface area contributed by atoms with Crippen LogP contribution >= 0.6 is 24.0 Å². The molecule has 2 N–H and O–H groups in total. The minimum Gasteiger partial charge on any atom is -0.383 e. The van der Waals surface area contributed by atoms with Crippen molar-refractivity contribution < 1.29 is 4.74 Å². The second-order valence-corrected chi connectivity index (χ2v) is 8.11. The van der Waals surface area contributed by atoms with E-state index in [-0.39, 0.29) is 24.0 Å². The Morgan fingerprint density at radius 1 is 1.11 bits per heavy atom. The molecule has 27 heavy (non-hydrogen) atoms. The summed E-state index contributed by atoms with van der Waals surface area (Å²) in [6.07, 6.45) is 9.43. The Morgan fingerprint density at radius 2 is 1.93 bits per heavy atom. The second-order valence-electron chi connectivity index (χ2n) is 8.11. The fraction of sp³-hybridized carbons (Fsp3) is 0.950. The van der Waals surface area contributed by atoms with Crippen molar-refractivity contribution in [2.75, 3.05) is 53.0 Å². The first-order valence-corrected chi connectivity index (χ1v) is 10.8. The number of hydrogen-bond acceptors (Lipinski definition) is 4. The van der Waals surface area contributed by atoms with E-state index in [9.17, 15) is 0 Å². The van der Waals surface area contributed by atoms with E-state index < -0.39 is 0 Å². The van der Waals surface area contributed by atoms with E-state index >= 15 is 0 Å². The Kier molecular flexibility index (Phi) is 10.7. The molecule has 0 spiro atoms. The van der Waals surface area contributed by atoms with E-state index in [1.807, 2.05) is 0 Å². The zero-order chi connectivity index (χ0) is 18.2. The summed E-state index contributed by atoms with van der Waals surface area (Å²) < 4.78 is 5.25. The molecule has 2 atom stereocenters. The fourth-order valence-corrected chi connectivity index (χ4v) is 4.82. The van der Waals surface area contributed by atoms with Gasteiger partial charge in [0.1, 0.15) is 0 Å². The molecule has 0 aromatic heterocycles. The summed E-state index contributed by atoms with van der Waals surface area (Å²) in [4.78, 5) is 10.2. The first kappa shape index (κ1) is 23.2. The van der Waals surface area contributed by atoms with E-state index in [2.05, 4.69) is 27.4 Å². The molecule has 1 aliphatic carbocycles. The molecule has 3 aliphatic rings. The maximum Gasteiger partial charge on any atom is 0.191 e. The fourth-order valence-electron chi connectivity index (χ4n) is 4.82. The van der Waals surface area contributed by atoms with Gasteiger partial charge in [-0.05, 0) is 45.6 Å². The predicted molar refractivity (Wildman–Crippen MR) is 123 cm³/mol. The van der Waals surface area contributed by atoms with Crippen LogP contribution in [-0.2, 0) is 4.74 Å². The first-order valence-electron chi connectivity index (χ1n) is 10.8. The number of hydrogen-bond donors (Lipinski definition) is 2. The van der Waals surface area contributed by atoms with Crippen molar-refractivity contribution in [3.05, 3.63) is 0 Å². The number of ether oxygens (including phenoxy) is 1. The van der Waals surface area contributed by atoms with Gasteiger partial charge in [0.05, 0.1) is 13.2 Å². The summed E-state index contributed by atoms with van der Waals surface area (Å²) in [5.41, 5.74) is 0. The van der Waals surface area contributed by atoms with Crippen LogP contribution in [0.3, 0.4) is 0 Å². The third-order valence-electron chi connectivity index (χ3n) is 6.29. The van der Waals surface area contributed by atoms with Crippen molar-refractivity contribution in [3.8, 4) is 0 Å². The van der Waals surface area contributed by atoms with E-state index in [0.29, 0.717) is 12.1 Å². The third kappa shape index (κ3) is 7.01. The number of rotatable bonds is 8. The summed E-state index contributed by atoms with van der Waals surface area (Å²) in [5.74, 6) is 1.00. The second kappa shape index (κ2) is 12.4. The average molecular weight is 493 g/mol. The molecule has 0 amide bonds. The van der Waals surface area contributed by atoms with Crippen LogP contribution in [-0.4, -0.2) is 86.9 Å². The molecule has 0 aromatic rings. The molecule has 3 fully saturated rings. The van der Waals surface area contributed by atoms with Crippen molar-refractivity contribution in [2.24, 2.45) is 4.99 Å². The normalized spacial score (nSPS) is 27.9. The standard InChI is InChI=1S/C20H39N5O.HI/c1-3-21-20(22-15-19-9-6-11-24(19)13-14-26-2)23-17-10-12-25(16-17)18-7-4-5-8-18;/h17-19H,3-16H2,1-2H3,(H2,21,22,23);1H. The van der Waals surface area contributed by atoms with Crippen molar-refractivity contribution >= 4 is 29.9 Å². The monoisotopic (exact) mass is 493 g/mol. The molecule has 6 nitrogen and oxygen atoms in total. The Labute approximate surface area is 182 Å². The van der Waals surface area contributed by atoms with Crippen LogP contribution in [0.5, 0.6) is 0 Å². The van der Waals surface area contributed by atoms with Crippen LogP contribution in [0.25, 0.3) is 0 Å². The molecule has 2 aliphatic heterocycles. The number of nitrogens with one attached hydrogen (secondary N) is 2. The molecular formula is C20H40IN5O. The van der Waals surface area contributed by atoms with Gasteiger partial charge in [0, 0.05) is 51.4 Å². The molecule has 2 saturated heterocycles. The van der Waals surface area contributed by atoms with Gasteiger partial charge in [0.2, 0.25) is 0 Å². The predicted octanol–water partition coefficient (Wildman–Crippen LogP) is 2.29. The van der Waals surface area contributed by atoms with E-state index in [0.717, 1.165) is 38.2 Å². The maximum absolute atomic E-state index is 5.25. The number of halogens is 1. The summed E-state index contributed by atoms with van der Waals surface area (Å²) in [5, 5.41) is 7.16. The molecule has 3 rings (SSSR count). The van der Waals surface area contributed by atoms with E-state index in [1.165, 1.54) is 64.6 Å². The minimum absolute atomic E-state index is 0. The first-order chi connectivity index (χ1) is 12.8. The molecule has 158 valence electrons. The van der Waals surface area contributed by atoms with Gasteiger partial charge >= 0.3 is 0 Å². The van der Waals surface area contributed by atoms with Crippen molar-refractivity contribution in [1.82, 2.24) is 20.4 Å². The molecule has 2 unspecified atom stereocenters. The highest BCUT2D eigenvalue weighted by Gasteiger charge is 2.30. The lowest BCUT2D eigenvalue weighted by molar-refractivity contribution is 0.142. The summed E-state index contributed by atoms with van der Waals surface area (Å²) in [6.45, 7) is 9.41. The van der Waals surface area contributed by atoms with Crippen molar-refractivity contribution in [2.45, 2.75) is 70.0 Å². The van der Waals surface area contributed by atoms with Crippen LogP contribution in [0.4, 0.5) is 0 Å². The van der Waals surface area contributed by atoms with Crippen LogP contribution in [0.2, 0.25) is 0 Å². The van der Waals surface area contributed by atoms with Crippen LogP contribution < -0.4 is 10.6 Å². The number of methoxy groups -OCH3 is 1. The Morgan fingerprint density at radius 3 is 2.67 bits per heavy atom. The lowest BCUT2D eigenvalue weighted by atomic mass is 10.2. The molecule has 7 heteroatoms. The average Bonchev–Trinajstić information content (AvgIpc) is 3.38. The Balaban J connectivity index is 0.00000261. The highest BCUT2D eigenvalue weighted by atomic mass is 127. The number of nitrogens with zero attached hydrogens (tertiary/aromatic N) is 3. The molecule has 0 bridgehead atoms. The smallest absolute Gasteiger partial charge is 0.191 e. The Bertz CT molecular complexity index is 444. The lowest BCUT2D eigenvalue weighted by Crippen LogP contribution is -2.46. The quantitative estimate of drug-likeness (QED) is 0.309. The largest absolute Gasteiger partial charge is 0.383 e. The number of likely N-dealkylation sites (tertiary alicyclic amines) is 2. The highest BCUT2D eigenvalue weighted by molar-refractivity contribution is 14.0. The number of aliphatic imine (C=N–C) groups is 1. The molecular weight excluding hydrogens is 453 g/mol. The maximum atomic E-state index is 5.25. The van der Waals surface area contributed by atoms with Gasteiger partial charge in [-0.15, -0.1) is 24.0 Å². The number of guanidine groups is 1. The van der Waals surface area contributed by atoms with Crippen LogP contribution in [0.15, 0.2) is 4.99 Å². The van der Waals surface area contributed by atoms with Gasteiger partial charge in [0.25, 0.3) is 0 Å². The molecule has 0 radical (unpaired) electrons. The van der Waals surface area contributed by atoms with Crippen LogP contribution in [0, 0.1) is 0 Å². The minimum atomic E-state index is 0. The SMILES string of the molecule is CCNC(=NCC1CCCN1CCOC)NC1CCN(C2CCCC2)C1.I. The zero-order valence-electron chi connectivity index (χ0n) is 17.3. The molecule has 2 heterocycles. The van der Waals surface area contributed by atoms with E-state index in [4.69, 9.17) is 9.73 Å². The van der Waals surface area contributed by atoms with Gasteiger partial charge in [-0.3, -0.25) is 14.8 Å². The molecule has 0 aromatic carbocycles. The van der Waals surface area contributed by atoms with Gasteiger partial charge in [0.15, 0.2) is 5.96 Å². The van der Waals surface area contributed by atoms with Crippen molar-refractivity contribution in [1.29, 1.82) is 0 Å². The topological polar surface area (TPSA) is 52.1 Å². The third-order valence-corrected chi connectivity index (χ3v) is 6.29. The van der Waals surface area contributed by atoms with Crippen molar-refractivity contribution in [3.63, 3.8) is 0 Å². The van der Waals surface area contributed by atoms with Gasteiger partial charge in [-0.25, -0.2) is 0 Å². The zero-order valence-corrected chi connectivity index (χ0v) is 19.6. The van der Waals surface area contributed by atoms with Crippen LogP contribution in [0.1, 0.15) is 51.9 Å². The molecule has 1 saturated carbocycles. The van der Waals surface area contributed by atoms with Gasteiger partial charge in [-0.1, -0.05) is 12.8 Å². The Hall–Kier alpha value is -0.120. The van der Waals surface area contributed by atoms with Gasteiger partial charge < -0.3 is 15.4 Å². The summed E-state index contributed by atoms with van der Waals surface area (Å²) >= 11 is 0. The summed E-state index contributed by atoms with van der Waals surface area (Å²) in [7, 11) is 1.78. The van der Waals surface area contributed by atoms with E-state index in [1.54, 1.807) is 7.11 Å².